The van der Waals surface area contributed by atoms with Crippen molar-refractivity contribution in [3.05, 3.63) is 71.9 Å². The Kier molecular flexibility index (Phi) is 5.05. The van der Waals surface area contributed by atoms with Crippen molar-refractivity contribution in [2.45, 2.75) is 19.1 Å². The normalized spacial score (nSPS) is 15.9. The highest BCUT2D eigenvalue weighted by Gasteiger charge is 2.30. The monoisotopic (exact) mass is 377 g/mol. The highest BCUT2D eigenvalue weighted by molar-refractivity contribution is 5.99. The van der Waals surface area contributed by atoms with E-state index in [0.29, 0.717) is 6.42 Å². The molecule has 2 N–H and O–H groups in total. The Morgan fingerprint density at radius 2 is 1.93 bits per heavy atom. The maximum absolute atomic E-state index is 12.1. The molecule has 4 rings (SSSR count). The number of cyclic esters (lactones) is 1. The minimum atomic E-state index is -0.614. The Morgan fingerprint density at radius 3 is 2.79 bits per heavy atom. The third-order valence-corrected chi connectivity index (χ3v) is 4.48. The van der Waals surface area contributed by atoms with E-state index in [1.54, 1.807) is 0 Å². The van der Waals surface area contributed by atoms with Crippen LogP contribution < -0.4 is 5.32 Å². The van der Waals surface area contributed by atoms with Gasteiger partial charge in [-0.2, -0.15) is 0 Å². The Bertz CT molecular complexity index is 1030. The van der Waals surface area contributed by atoms with E-state index < -0.39 is 18.1 Å². The van der Waals surface area contributed by atoms with Crippen LogP contribution in [0.2, 0.25) is 0 Å². The number of carbonyl (C=O) groups is 2. The number of hydrogen-bond acceptors (Lipinski definition) is 5. The summed E-state index contributed by atoms with van der Waals surface area (Å²) in [5, 5.41) is 3.61. The zero-order valence-electron chi connectivity index (χ0n) is 15.1. The number of aliphatic imine (C=N–C) groups is 1. The van der Waals surface area contributed by atoms with Crippen molar-refractivity contribution in [3.8, 4) is 0 Å². The topological polar surface area (TPSA) is 92.8 Å². The molecule has 1 aromatic heterocycles. The first-order valence-corrected chi connectivity index (χ1v) is 8.97. The van der Waals surface area contributed by atoms with Crippen LogP contribution in [0.4, 0.5) is 4.79 Å². The van der Waals surface area contributed by atoms with Crippen LogP contribution in [-0.4, -0.2) is 35.5 Å². The summed E-state index contributed by atoms with van der Waals surface area (Å²) in [6, 6.07) is 16.6. The average molecular weight is 377 g/mol. The molecule has 2 heterocycles. The first kappa shape index (κ1) is 17.8. The van der Waals surface area contributed by atoms with E-state index >= 15 is 0 Å². The van der Waals surface area contributed by atoms with Crippen molar-refractivity contribution in [2.24, 2.45) is 4.99 Å². The predicted octanol–water partition coefficient (Wildman–Crippen LogP) is 2.96. The number of benzene rings is 2. The lowest BCUT2D eigenvalue weighted by Gasteiger charge is -2.06. The van der Waals surface area contributed by atoms with Gasteiger partial charge in [0.05, 0.1) is 6.54 Å². The number of hydrogen-bond donors (Lipinski definition) is 2. The summed E-state index contributed by atoms with van der Waals surface area (Å²) in [5.41, 5.74) is 2.90. The fraction of sp³-hybridized carbons (Fsp3) is 0.190. The van der Waals surface area contributed by atoms with Gasteiger partial charge in [-0.1, -0.05) is 48.5 Å². The lowest BCUT2D eigenvalue weighted by atomic mass is 10.1. The number of alkyl carbamates (subject to hydrolysis) is 1. The fourth-order valence-corrected chi connectivity index (χ4v) is 3.08. The summed E-state index contributed by atoms with van der Waals surface area (Å²) in [6.45, 7) is 0.172. The number of aromatic amines is 1. The van der Waals surface area contributed by atoms with Gasteiger partial charge in [0.15, 0.2) is 6.04 Å². The van der Waals surface area contributed by atoms with Gasteiger partial charge in [0, 0.05) is 23.5 Å². The number of para-hydroxylation sites is 1. The average Bonchev–Trinajstić information content (AvgIpc) is 3.29. The molecule has 0 saturated carbocycles. The zero-order chi connectivity index (χ0) is 19.3. The molecule has 7 heteroatoms. The van der Waals surface area contributed by atoms with Gasteiger partial charge >= 0.3 is 12.1 Å². The standard InChI is InChI=1S/C21H19N3O4/c25-20-18(10-15-11-22-17-9-5-4-8-16(15)17)24-19(28-20)12-23-21(26)27-13-14-6-2-1-3-7-14/h1-9,11,18,22H,10,12-13H2,(H,23,26). The van der Waals surface area contributed by atoms with Crippen molar-refractivity contribution in [3.63, 3.8) is 0 Å². The van der Waals surface area contributed by atoms with E-state index in [0.717, 1.165) is 22.0 Å². The Labute approximate surface area is 161 Å². The Hall–Kier alpha value is -3.61. The van der Waals surface area contributed by atoms with E-state index in [1.807, 2.05) is 60.8 Å². The van der Waals surface area contributed by atoms with Gasteiger partial charge in [-0.25, -0.2) is 14.6 Å². The highest BCUT2D eigenvalue weighted by atomic mass is 16.6. The number of amides is 1. The molecule has 0 bridgehead atoms. The number of carbonyl (C=O) groups excluding carboxylic acids is 2. The van der Waals surface area contributed by atoms with Crippen molar-refractivity contribution >= 4 is 28.9 Å². The SMILES string of the molecule is O=C(NCC1=NC(Cc2c[nH]c3ccccc23)C(=O)O1)OCc1ccccc1. The molecule has 2 aromatic carbocycles. The molecule has 28 heavy (non-hydrogen) atoms. The first-order chi connectivity index (χ1) is 13.7. The molecular weight excluding hydrogens is 358 g/mol. The smallest absolute Gasteiger partial charge is 0.407 e. The van der Waals surface area contributed by atoms with Crippen molar-refractivity contribution in [1.82, 2.24) is 10.3 Å². The maximum Gasteiger partial charge on any atom is 0.407 e. The second-order valence-corrected chi connectivity index (χ2v) is 6.44. The lowest BCUT2D eigenvalue weighted by Crippen LogP contribution is -2.30. The number of ether oxygens (including phenoxy) is 2. The highest BCUT2D eigenvalue weighted by Crippen LogP contribution is 2.21. The van der Waals surface area contributed by atoms with Gasteiger partial charge in [-0.3, -0.25) is 0 Å². The molecule has 1 unspecified atom stereocenters. The molecule has 0 saturated heterocycles. The molecule has 1 amide bonds. The summed E-state index contributed by atoms with van der Waals surface area (Å²) in [5.74, 6) is -0.230. The summed E-state index contributed by atoms with van der Waals surface area (Å²) in [4.78, 5) is 31.4. The molecule has 3 aromatic rings. The van der Waals surface area contributed by atoms with Crippen LogP contribution in [0.25, 0.3) is 10.9 Å². The van der Waals surface area contributed by atoms with Crippen LogP contribution >= 0.6 is 0 Å². The number of nitrogens with one attached hydrogen (secondary N) is 2. The third kappa shape index (κ3) is 4.03. The summed E-state index contributed by atoms with van der Waals surface area (Å²) < 4.78 is 10.3. The van der Waals surface area contributed by atoms with E-state index in [4.69, 9.17) is 9.47 Å². The van der Waals surface area contributed by atoms with Crippen LogP contribution in [0.1, 0.15) is 11.1 Å². The lowest BCUT2D eigenvalue weighted by molar-refractivity contribution is -0.135. The van der Waals surface area contributed by atoms with E-state index in [-0.39, 0.29) is 19.0 Å². The van der Waals surface area contributed by atoms with E-state index in [2.05, 4.69) is 15.3 Å². The summed E-state index contributed by atoms with van der Waals surface area (Å²) in [7, 11) is 0. The Morgan fingerprint density at radius 1 is 1.14 bits per heavy atom. The second kappa shape index (κ2) is 7.96. The van der Waals surface area contributed by atoms with E-state index in [9.17, 15) is 9.59 Å². The van der Waals surface area contributed by atoms with Gasteiger partial charge in [-0.15, -0.1) is 0 Å². The number of fused-ring (bicyclic) bond motifs is 1. The van der Waals surface area contributed by atoms with Crippen LogP contribution in [0, 0.1) is 0 Å². The van der Waals surface area contributed by atoms with Gasteiger partial charge < -0.3 is 19.8 Å². The number of aromatic nitrogens is 1. The fourth-order valence-electron chi connectivity index (χ4n) is 3.08. The summed E-state index contributed by atoms with van der Waals surface area (Å²) in [6.07, 6.45) is 1.72. The van der Waals surface area contributed by atoms with Crippen LogP contribution in [0.5, 0.6) is 0 Å². The quantitative estimate of drug-likeness (QED) is 0.646. The van der Waals surface area contributed by atoms with Crippen molar-refractivity contribution in [1.29, 1.82) is 0 Å². The molecule has 1 aliphatic heterocycles. The van der Waals surface area contributed by atoms with Crippen molar-refractivity contribution < 1.29 is 19.1 Å². The minimum Gasteiger partial charge on any atom is -0.445 e. The van der Waals surface area contributed by atoms with Gasteiger partial charge in [0.2, 0.25) is 5.90 Å². The largest absolute Gasteiger partial charge is 0.445 e. The van der Waals surface area contributed by atoms with Crippen LogP contribution in [-0.2, 0) is 27.3 Å². The van der Waals surface area contributed by atoms with Gasteiger partial charge in [0.1, 0.15) is 6.61 Å². The molecule has 0 spiro atoms. The first-order valence-electron chi connectivity index (χ1n) is 8.97. The van der Waals surface area contributed by atoms with Crippen LogP contribution in [0.3, 0.4) is 0 Å². The molecule has 0 radical (unpaired) electrons. The minimum absolute atomic E-state index is 0.00372. The third-order valence-electron chi connectivity index (χ3n) is 4.48. The Balaban J connectivity index is 1.31. The molecule has 142 valence electrons. The number of rotatable bonds is 6. The number of esters is 1. The van der Waals surface area contributed by atoms with Crippen LogP contribution in [0.15, 0.2) is 65.8 Å². The second-order valence-electron chi connectivity index (χ2n) is 6.44. The summed E-state index contributed by atoms with van der Waals surface area (Å²) >= 11 is 0. The molecular formula is C21H19N3O4. The molecule has 0 fully saturated rings. The molecule has 1 aliphatic rings. The maximum atomic E-state index is 12.1. The molecule has 7 nitrogen and oxygen atoms in total. The van der Waals surface area contributed by atoms with Gasteiger partial charge in [0.25, 0.3) is 0 Å². The molecule has 0 aliphatic carbocycles. The van der Waals surface area contributed by atoms with Gasteiger partial charge in [-0.05, 0) is 17.2 Å². The number of H-pyrrole nitrogens is 1. The van der Waals surface area contributed by atoms with E-state index in [1.165, 1.54) is 0 Å². The number of nitrogens with zero attached hydrogens (tertiary/aromatic N) is 1. The zero-order valence-corrected chi connectivity index (χ0v) is 15.1. The predicted molar refractivity (Wildman–Crippen MR) is 104 cm³/mol. The van der Waals surface area contributed by atoms with Crippen molar-refractivity contribution in [2.75, 3.05) is 6.54 Å². The molecule has 1 atom stereocenters.